The van der Waals surface area contributed by atoms with E-state index in [-0.39, 0.29) is 11.3 Å². The summed E-state index contributed by atoms with van der Waals surface area (Å²) in [6.07, 6.45) is 0. The van der Waals surface area contributed by atoms with Gasteiger partial charge in [0.2, 0.25) is 0 Å². The van der Waals surface area contributed by atoms with Crippen molar-refractivity contribution >= 4 is 5.91 Å². The predicted octanol–water partition coefficient (Wildman–Crippen LogP) is 1.96. The standard InChI is InChI=1S/C16H21NO4/c1-16(2)10-20-13-4-3-12(9-14(13)21-11-16)15(18)17-5-7-19-8-6-17/h3-4,9H,5-8,10-11H2,1-2H3. The molecule has 0 aromatic heterocycles. The van der Waals surface area contributed by atoms with Crippen LogP contribution in [-0.4, -0.2) is 50.3 Å². The third kappa shape index (κ3) is 3.13. The molecule has 0 bridgehead atoms. The maximum absolute atomic E-state index is 12.5. The van der Waals surface area contributed by atoms with Crippen molar-refractivity contribution in [3.63, 3.8) is 0 Å². The Kier molecular flexibility index (Phi) is 3.76. The summed E-state index contributed by atoms with van der Waals surface area (Å²) >= 11 is 0. The lowest BCUT2D eigenvalue weighted by Gasteiger charge is -2.27. The fraction of sp³-hybridized carbons (Fsp3) is 0.562. The summed E-state index contributed by atoms with van der Waals surface area (Å²) in [7, 11) is 0. The number of hydrogen-bond acceptors (Lipinski definition) is 4. The minimum atomic E-state index is -0.0343. The second-order valence-corrected chi connectivity index (χ2v) is 6.31. The summed E-state index contributed by atoms with van der Waals surface area (Å²) in [6.45, 7) is 7.86. The van der Waals surface area contributed by atoms with E-state index in [1.165, 1.54) is 0 Å². The zero-order valence-corrected chi connectivity index (χ0v) is 12.6. The molecule has 1 aromatic rings. The van der Waals surface area contributed by atoms with E-state index in [9.17, 15) is 4.79 Å². The number of carbonyl (C=O) groups excluding carboxylic acids is 1. The third-order valence-electron chi connectivity index (χ3n) is 3.73. The molecule has 0 atom stereocenters. The van der Waals surface area contributed by atoms with Crippen LogP contribution in [-0.2, 0) is 4.74 Å². The number of morpholine rings is 1. The van der Waals surface area contributed by atoms with Crippen LogP contribution in [0.1, 0.15) is 24.2 Å². The highest BCUT2D eigenvalue weighted by molar-refractivity contribution is 5.95. The van der Waals surface area contributed by atoms with Gasteiger partial charge < -0.3 is 19.1 Å². The van der Waals surface area contributed by atoms with Crippen molar-refractivity contribution in [3.05, 3.63) is 23.8 Å². The van der Waals surface area contributed by atoms with Crippen molar-refractivity contribution in [2.45, 2.75) is 13.8 Å². The zero-order valence-electron chi connectivity index (χ0n) is 12.6. The molecular weight excluding hydrogens is 270 g/mol. The molecule has 1 aromatic carbocycles. The normalized spacial score (nSPS) is 20.8. The molecule has 2 heterocycles. The first-order valence-corrected chi connectivity index (χ1v) is 7.32. The lowest BCUT2D eigenvalue weighted by atomic mass is 9.97. The van der Waals surface area contributed by atoms with Crippen LogP contribution in [0.2, 0.25) is 0 Å². The van der Waals surface area contributed by atoms with Crippen LogP contribution in [0, 0.1) is 5.41 Å². The second-order valence-electron chi connectivity index (χ2n) is 6.31. The van der Waals surface area contributed by atoms with Crippen molar-refractivity contribution in [3.8, 4) is 11.5 Å². The van der Waals surface area contributed by atoms with Gasteiger partial charge in [-0.1, -0.05) is 13.8 Å². The van der Waals surface area contributed by atoms with Crippen LogP contribution in [0.15, 0.2) is 18.2 Å². The minimum absolute atomic E-state index is 0.0215. The Morgan fingerprint density at radius 1 is 1.10 bits per heavy atom. The number of amides is 1. The number of nitrogens with zero attached hydrogens (tertiary/aromatic N) is 1. The first-order valence-electron chi connectivity index (χ1n) is 7.32. The molecule has 0 saturated carbocycles. The van der Waals surface area contributed by atoms with Crippen molar-refractivity contribution in [1.82, 2.24) is 4.90 Å². The maximum atomic E-state index is 12.5. The van der Waals surface area contributed by atoms with Crippen molar-refractivity contribution in [1.29, 1.82) is 0 Å². The van der Waals surface area contributed by atoms with Gasteiger partial charge in [0, 0.05) is 24.1 Å². The van der Waals surface area contributed by atoms with E-state index < -0.39 is 0 Å². The van der Waals surface area contributed by atoms with Crippen LogP contribution >= 0.6 is 0 Å². The number of rotatable bonds is 1. The van der Waals surface area contributed by atoms with Crippen LogP contribution in [0.5, 0.6) is 11.5 Å². The first-order chi connectivity index (χ1) is 10.1. The van der Waals surface area contributed by atoms with Gasteiger partial charge in [-0.2, -0.15) is 0 Å². The van der Waals surface area contributed by atoms with Gasteiger partial charge in [0.25, 0.3) is 5.91 Å². The summed E-state index contributed by atoms with van der Waals surface area (Å²) in [5.41, 5.74) is 0.604. The molecule has 2 aliphatic heterocycles. The minimum Gasteiger partial charge on any atom is -0.489 e. The van der Waals surface area contributed by atoms with Crippen LogP contribution in [0.4, 0.5) is 0 Å². The molecule has 0 unspecified atom stereocenters. The Labute approximate surface area is 124 Å². The third-order valence-corrected chi connectivity index (χ3v) is 3.73. The van der Waals surface area contributed by atoms with Gasteiger partial charge in [-0.15, -0.1) is 0 Å². The number of fused-ring (bicyclic) bond motifs is 1. The largest absolute Gasteiger partial charge is 0.489 e. The maximum Gasteiger partial charge on any atom is 0.254 e. The van der Waals surface area contributed by atoms with Crippen molar-refractivity contribution in [2.24, 2.45) is 5.41 Å². The Bertz CT molecular complexity index is 535. The van der Waals surface area contributed by atoms with E-state index >= 15 is 0 Å². The smallest absolute Gasteiger partial charge is 0.254 e. The number of benzene rings is 1. The zero-order chi connectivity index (χ0) is 14.9. The summed E-state index contributed by atoms with van der Waals surface area (Å²) < 4.78 is 16.9. The van der Waals surface area contributed by atoms with Crippen molar-refractivity contribution < 1.29 is 19.0 Å². The second kappa shape index (κ2) is 5.56. The van der Waals surface area contributed by atoms with Gasteiger partial charge in [0.1, 0.15) is 0 Å². The van der Waals surface area contributed by atoms with E-state index in [1.807, 2.05) is 11.0 Å². The average Bonchev–Trinajstić information content (AvgIpc) is 2.66. The molecule has 1 saturated heterocycles. The molecule has 3 rings (SSSR count). The SMILES string of the molecule is CC1(C)COc2ccc(C(=O)N3CCOCC3)cc2OC1. The fourth-order valence-corrected chi connectivity index (χ4v) is 2.41. The Morgan fingerprint density at radius 3 is 2.48 bits per heavy atom. The highest BCUT2D eigenvalue weighted by Crippen LogP contribution is 2.34. The average molecular weight is 291 g/mol. The molecule has 2 aliphatic rings. The van der Waals surface area contributed by atoms with Gasteiger partial charge in [-0.25, -0.2) is 0 Å². The van der Waals surface area contributed by atoms with Crippen molar-refractivity contribution in [2.75, 3.05) is 39.5 Å². The molecule has 0 radical (unpaired) electrons. The molecule has 0 N–H and O–H groups in total. The Hall–Kier alpha value is -1.75. The van der Waals surface area contributed by atoms with E-state index in [4.69, 9.17) is 14.2 Å². The Balaban J connectivity index is 1.79. The van der Waals surface area contributed by atoms with Gasteiger partial charge in [0.05, 0.1) is 26.4 Å². The number of carbonyl (C=O) groups is 1. The van der Waals surface area contributed by atoms with Crippen LogP contribution in [0.25, 0.3) is 0 Å². The number of ether oxygens (including phenoxy) is 3. The van der Waals surface area contributed by atoms with E-state index in [1.54, 1.807) is 12.1 Å². The topological polar surface area (TPSA) is 48.0 Å². The fourth-order valence-electron chi connectivity index (χ4n) is 2.41. The lowest BCUT2D eigenvalue weighted by molar-refractivity contribution is 0.0302. The van der Waals surface area contributed by atoms with E-state index in [0.717, 1.165) is 0 Å². The van der Waals surface area contributed by atoms with Gasteiger partial charge in [0.15, 0.2) is 11.5 Å². The number of hydrogen-bond donors (Lipinski definition) is 0. The molecular formula is C16H21NO4. The molecule has 5 heteroatoms. The molecule has 1 amide bonds. The van der Waals surface area contributed by atoms with E-state index in [2.05, 4.69) is 13.8 Å². The van der Waals surface area contributed by atoms with Gasteiger partial charge in [-0.3, -0.25) is 4.79 Å². The molecule has 21 heavy (non-hydrogen) atoms. The van der Waals surface area contributed by atoms with Gasteiger partial charge in [-0.05, 0) is 18.2 Å². The monoisotopic (exact) mass is 291 g/mol. The molecule has 5 nitrogen and oxygen atoms in total. The molecule has 114 valence electrons. The first kappa shape index (κ1) is 14.2. The lowest BCUT2D eigenvalue weighted by Crippen LogP contribution is -2.40. The summed E-state index contributed by atoms with van der Waals surface area (Å²) in [5.74, 6) is 1.38. The molecule has 0 aliphatic carbocycles. The predicted molar refractivity (Wildman–Crippen MR) is 77.9 cm³/mol. The van der Waals surface area contributed by atoms with E-state index in [0.29, 0.717) is 56.6 Å². The summed E-state index contributed by atoms with van der Waals surface area (Å²) in [5, 5.41) is 0. The van der Waals surface area contributed by atoms with Crippen LogP contribution < -0.4 is 9.47 Å². The Morgan fingerprint density at radius 2 is 1.76 bits per heavy atom. The molecule has 1 fully saturated rings. The highest BCUT2D eigenvalue weighted by Gasteiger charge is 2.26. The highest BCUT2D eigenvalue weighted by atomic mass is 16.5. The molecule has 0 spiro atoms. The quantitative estimate of drug-likeness (QED) is 0.793. The summed E-state index contributed by atoms with van der Waals surface area (Å²) in [6, 6.07) is 5.41. The van der Waals surface area contributed by atoms with Gasteiger partial charge >= 0.3 is 0 Å². The van der Waals surface area contributed by atoms with Crippen LogP contribution in [0.3, 0.4) is 0 Å². The summed E-state index contributed by atoms with van der Waals surface area (Å²) in [4.78, 5) is 14.3.